The van der Waals surface area contributed by atoms with Gasteiger partial charge in [0.15, 0.2) is 0 Å². The van der Waals surface area contributed by atoms with E-state index in [-0.39, 0.29) is 17.7 Å². The fourth-order valence-electron chi connectivity index (χ4n) is 2.62. The topological polar surface area (TPSA) is 59.1 Å². The van der Waals surface area contributed by atoms with Gasteiger partial charge in [0.25, 0.3) is 0 Å². The van der Waals surface area contributed by atoms with Crippen molar-refractivity contribution in [3.8, 4) is 11.3 Å². The van der Waals surface area contributed by atoms with E-state index < -0.39 is 0 Å². The number of carbonyl (C=O) groups is 2. The molecule has 1 aromatic heterocycles. The molecule has 0 aliphatic rings. The van der Waals surface area contributed by atoms with Crippen LogP contribution in [0.15, 0.2) is 35.7 Å². The van der Waals surface area contributed by atoms with Crippen LogP contribution in [0, 0.1) is 0 Å². The molecule has 0 aliphatic carbocycles. The van der Waals surface area contributed by atoms with Crippen molar-refractivity contribution in [2.24, 2.45) is 0 Å². The predicted molar refractivity (Wildman–Crippen MR) is 102 cm³/mol. The zero-order chi connectivity index (χ0) is 18.1. The number of carbonyl (C=O) groups excluding carboxylic acids is 2. The third-order valence-electron chi connectivity index (χ3n) is 4.02. The lowest BCUT2D eigenvalue weighted by Crippen LogP contribution is -2.26. The van der Waals surface area contributed by atoms with E-state index in [9.17, 15) is 9.59 Å². The first-order valence-electron chi connectivity index (χ1n) is 8.86. The van der Waals surface area contributed by atoms with Crippen LogP contribution in [0.2, 0.25) is 0 Å². The van der Waals surface area contributed by atoms with Gasteiger partial charge >= 0.3 is 0 Å². The summed E-state index contributed by atoms with van der Waals surface area (Å²) in [7, 11) is 0. The number of amides is 1. The highest BCUT2D eigenvalue weighted by molar-refractivity contribution is 7.10. The molecule has 0 saturated carbocycles. The van der Waals surface area contributed by atoms with Gasteiger partial charge in [-0.2, -0.15) is 0 Å². The van der Waals surface area contributed by atoms with Crippen molar-refractivity contribution >= 4 is 23.0 Å². The molecule has 25 heavy (non-hydrogen) atoms. The number of benzene rings is 1. The Labute approximate surface area is 153 Å². The number of nitrogens with one attached hydrogen (secondary N) is 1. The minimum absolute atomic E-state index is 0.0653. The minimum Gasteiger partial charge on any atom is -0.347 e. The highest BCUT2D eigenvalue weighted by Gasteiger charge is 2.13. The Hall–Kier alpha value is -2.01. The lowest BCUT2D eigenvalue weighted by molar-refractivity contribution is -0.122. The summed E-state index contributed by atoms with van der Waals surface area (Å²) in [6.45, 7) is 3.59. The van der Waals surface area contributed by atoms with Crippen LogP contribution >= 0.6 is 11.3 Å². The van der Waals surface area contributed by atoms with Crippen molar-refractivity contribution in [3.63, 3.8) is 0 Å². The molecule has 0 saturated heterocycles. The Morgan fingerprint density at radius 3 is 2.44 bits per heavy atom. The molecule has 0 fully saturated rings. The van der Waals surface area contributed by atoms with Crippen LogP contribution in [-0.4, -0.2) is 16.7 Å². The highest BCUT2D eigenvalue weighted by atomic mass is 32.1. The second kappa shape index (κ2) is 10.1. The number of thiazole rings is 1. The van der Waals surface area contributed by atoms with E-state index in [1.165, 1.54) is 0 Å². The molecule has 0 radical (unpaired) electrons. The Kier molecular flexibility index (Phi) is 7.79. The number of hydrogen-bond acceptors (Lipinski definition) is 4. The maximum absolute atomic E-state index is 12.1. The number of aromatic nitrogens is 1. The number of ketones is 1. The van der Waals surface area contributed by atoms with Gasteiger partial charge in [0.05, 0.1) is 11.7 Å². The van der Waals surface area contributed by atoms with Gasteiger partial charge in [0.1, 0.15) is 10.8 Å². The molecular weight excluding hydrogens is 332 g/mol. The smallest absolute Gasteiger partial charge is 0.220 e. The molecule has 1 heterocycles. The van der Waals surface area contributed by atoms with Gasteiger partial charge in [-0.05, 0) is 26.7 Å². The first-order valence-corrected chi connectivity index (χ1v) is 9.74. The van der Waals surface area contributed by atoms with Crippen molar-refractivity contribution in [1.29, 1.82) is 0 Å². The van der Waals surface area contributed by atoms with Crippen LogP contribution in [-0.2, 0) is 9.59 Å². The molecular formula is C20H26N2O2S. The number of unbranched alkanes of at least 4 members (excludes halogenated alkanes) is 3. The van der Waals surface area contributed by atoms with Crippen LogP contribution in [0.5, 0.6) is 0 Å². The van der Waals surface area contributed by atoms with E-state index in [1.54, 1.807) is 18.3 Å². The molecule has 1 atom stereocenters. The summed E-state index contributed by atoms with van der Waals surface area (Å²) in [5, 5.41) is 5.98. The van der Waals surface area contributed by atoms with Gasteiger partial charge in [-0.3, -0.25) is 4.79 Å². The van der Waals surface area contributed by atoms with Gasteiger partial charge in [0, 0.05) is 23.8 Å². The number of hydrogen-bond donors (Lipinski definition) is 1. The molecule has 2 aromatic rings. The molecule has 0 spiro atoms. The highest BCUT2D eigenvalue weighted by Crippen LogP contribution is 2.25. The van der Waals surface area contributed by atoms with E-state index in [0.29, 0.717) is 12.8 Å². The fourth-order valence-corrected chi connectivity index (χ4v) is 3.45. The molecule has 5 heteroatoms. The summed E-state index contributed by atoms with van der Waals surface area (Å²) in [5.41, 5.74) is 2.04. The van der Waals surface area contributed by atoms with E-state index in [1.807, 2.05) is 42.6 Å². The van der Waals surface area contributed by atoms with Crippen molar-refractivity contribution in [2.75, 3.05) is 0 Å². The standard InChI is InChI=1S/C20H26N2O2S/c1-15(23)10-6-3-4-9-13-19(24)21-16(2)20-22-18(14-25-20)17-11-7-5-8-12-17/h5,7-8,11-12,14,16H,3-4,6,9-10,13H2,1-2H3,(H,21,24). The van der Waals surface area contributed by atoms with Gasteiger partial charge in [-0.15, -0.1) is 11.3 Å². The first-order chi connectivity index (χ1) is 12.1. The summed E-state index contributed by atoms with van der Waals surface area (Å²) in [4.78, 5) is 27.6. The van der Waals surface area contributed by atoms with Crippen LogP contribution < -0.4 is 5.32 Å². The predicted octanol–water partition coefficient (Wildman–Crippen LogP) is 4.92. The van der Waals surface area contributed by atoms with E-state index >= 15 is 0 Å². The summed E-state index contributed by atoms with van der Waals surface area (Å²) in [6, 6.07) is 9.97. The van der Waals surface area contributed by atoms with Crippen molar-refractivity contribution in [3.05, 3.63) is 40.7 Å². The van der Waals surface area contributed by atoms with Gasteiger partial charge in [0.2, 0.25) is 5.91 Å². The number of Topliss-reactive ketones (excluding diaryl/α,β-unsaturated/α-hetero) is 1. The molecule has 0 aliphatic heterocycles. The Morgan fingerprint density at radius 1 is 1.08 bits per heavy atom. The van der Waals surface area contributed by atoms with Crippen molar-refractivity contribution in [2.45, 2.75) is 58.4 Å². The molecule has 1 amide bonds. The quantitative estimate of drug-likeness (QED) is 0.613. The van der Waals surface area contributed by atoms with Crippen LogP contribution in [0.1, 0.15) is 63.4 Å². The van der Waals surface area contributed by atoms with Gasteiger partial charge in [-0.1, -0.05) is 43.2 Å². The average molecular weight is 359 g/mol. The molecule has 1 N–H and O–H groups in total. The third-order valence-corrected chi connectivity index (χ3v) is 5.05. The molecule has 2 rings (SSSR count). The Bertz CT molecular complexity index is 682. The molecule has 1 unspecified atom stereocenters. The first kappa shape index (κ1) is 19.3. The summed E-state index contributed by atoms with van der Waals surface area (Å²) < 4.78 is 0. The number of nitrogens with zero attached hydrogens (tertiary/aromatic N) is 1. The normalized spacial score (nSPS) is 11.9. The fraction of sp³-hybridized carbons (Fsp3) is 0.450. The van der Waals surface area contributed by atoms with E-state index in [4.69, 9.17) is 0 Å². The van der Waals surface area contributed by atoms with Crippen molar-refractivity contribution < 1.29 is 9.59 Å². The monoisotopic (exact) mass is 358 g/mol. The molecule has 134 valence electrons. The zero-order valence-electron chi connectivity index (χ0n) is 15.0. The third kappa shape index (κ3) is 6.78. The molecule has 4 nitrogen and oxygen atoms in total. The second-order valence-electron chi connectivity index (χ2n) is 6.34. The Morgan fingerprint density at radius 2 is 1.76 bits per heavy atom. The summed E-state index contributed by atoms with van der Waals surface area (Å²) in [5.74, 6) is 0.306. The lowest BCUT2D eigenvalue weighted by atomic mass is 10.1. The Balaban J connectivity index is 1.72. The summed E-state index contributed by atoms with van der Waals surface area (Å²) in [6.07, 6.45) is 4.97. The lowest BCUT2D eigenvalue weighted by Gasteiger charge is -2.11. The second-order valence-corrected chi connectivity index (χ2v) is 7.23. The number of rotatable bonds is 10. The van der Waals surface area contributed by atoms with Crippen LogP contribution in [0.3, 0.4) is 0 Å². The molecule has 0 bridgehead atoms. The largest absolute Gasteiger partial charge is 0.347 e. The van der Waals surface area contributed by atoms with E-state index in [2.05, 4.69) is 10.3 Å². The van der Waals surface area contributed by atoms with Crippen molar-refractivity contribution in [1.82, 2.24) is 10.3 Å². The summed E-state index contributed by atoms with van der Waals surface area (Å²) >= 11 is 1.57. The zero-order valence-corrected chi connectivity index (χ0v) is 15.8. The van der Waals surface area contributed by atoms with Gasteiger partial charge in [-0.25, -0.2) is 4.98 Å². The maximum Gasteiger partial charge on any atom is 0.220 e. The van der Waals surface area contributed by atoms with Gasteiger partial charge < -0.3 is 10.1 Å². The van der Waals surface area contributed by atoms with E-state index in [0.717, 1.165) is 41.9 Å². The molecule has 1 aromatic carbocycles. The average Bonchev–Trinajstić information content (AvgIpc) is 3.09. The SMILES string of the molecule is CC(=O)CCCCCCC(=O)NC(C)c1nc(-c2ccccc2)cs1. The van der Waals surface area contributed by atoms with Crippen LogP contribution in [0.25, 0.3) is 11.3 Å². The van der Waals surface area contributed by atoms with Crippen LogP contribution in [0.4, 0.5) is 0 Å². The maximum atomic E-state index is 12.1. The minimum atomic E-state index is -0.0762.